The first kappa shape index (κ1) is 22.0. The minimum atomic E-state index is -0.901. The molecule has 0 aliphatic heterocycles. The van der Waals surface area contributed by atoms with Crippen LogP contribution in [0.3, 0.4) is 0 Å². The van der Waals surface area contributed by atoms with Crippen molar-refractivity contribution >= 4 is 23.3 Å². The number of aliphatic hydroxyl groups excluding tert-OH is 1. The van der Waals surface area contributed by atoms with Gasteiger partial charge in [-0.05, 0) is 67.8 Å². The minimum Gasteiger partial charge on any atom is -0.502 e. The summed E-state index contributed by atoms with van der Waals surface area (Å²) in [7, 11) is 0. The molecule has 0 unspecified atom stereocenters. The van der Waals surface area contributed by atoms with Gasteiger partial charge >= 0.3 is 5.97 Å². The Labute approximate surface area is 183 Å². The molecule has 0 spiro atoms. The number of carbonyl (C=O) groups is 4. The van der Waals surface area contributed by atoms with E-state index < -0.39 is 23.1 Å². The molecular weight excluding hydrogens is 396 g/mol. The first-order valence-electron chi connectivity index (χ1n) is 11.5. The van der Waals surface area contributed by atoms with Crippen molar-refractivity contribution in [1.29, 1.82) is 0 Å². The lowest BCUT2D eigenvalue weighted by atomic mass is 9.46. The van der Waals surface area contributed by atoms with Crippen LogP contribution < -0.4 is 0 Å². The normalized spacial score (nSPS) is 39.8. The maximum Gasteiger partial charge on any atom is 0.373 e. The summed E-state index contributed by atoms with van der Waals surface area (Å²) >= 11 is 0. The first-order chi connectivity index (χ1) is 14.6. The number of ketones is 3. The van der Waals surface area contributed by atoms with E-state index in [4.69, 9.17) is 4.74 Å². The molecule has 6 atom stereocenters. The van der Waals surface area contributed by atoms with E-state index >= 15 is 0 Å². The van der Waals surface area contributed by atoms with Crippen LogP contribution >= 0.6 is 0 Å². The molecule has 0 aromatic rings. The van der Waals surface area contributed by atoms with Gasteiger partial charge in [-0.15, -0.1) is 0 Å². The number of carbonyl (C=O) groups excluding carboxylic acids is 4. The second-order valence-electron chi connectivity index (χ2n) is 10.3. The molecule has 4 rings (SSSR count). The van der Waals surface area contributed by atoms with Crippen LogP contribution in [0.25, 0.3) is 0 Å². The van der Waals surface area contributed by atoms with Crippen molar-refractivity contribution in [2.75, 3.05) is 6.61 Å². The highest BCUT2D eigenvalue weighted by Crippen LogP contribution is 2.65. The average molecular weight is 429 g/mol. The van der Waals surface area contributed by atoms with Crippen molar-refractivity contribution < 1.29 is 29.0 Å². The Morgan fingerprint density at radius 1 is 1.19 bits per heavy atom. The Morgan fingerprint density at radius 2 is 1.94 bits per heavy atom. The van der Waals surface area contributed by atoms with Crippen molar-refractivity contribution in [2.45, 2.75) is 65.7 Å². The predicted molar refractivity (Wildman–Crippen MR) is 113 cm³/mol. The van der Waals surface area contributed by atoms with E-state index in [0.29, 0.717) is 19.3 Å². The molecule has 6 heteroatoms. The Hall–Kier alpha value is -2.24. The number of hydrogen-bond acceptors (Lipinski definition) is 6. The van der Waals surface area contributed by atoms with Gasteiger partial charge < -0.3 is 9.84 Å². The van der Waals surface area contributed by atoms with Gasteiger partial charge in [-0.2, -0.15) is 0 Å². The van der Waals surface area contributed by atoms with E-state index in [-0.39, 0.29) is 47.1 Å². The lowest BCUT2D eigenvalue weighted by Gasteiger charge is -2.56. The van der Waals surface area contributed by atoms with Crippen LogP contribution in [-0.2, 0) is 23.9 Å². The summed E-state index contributed by atoms with van der Waals surface area (Å²) in [6.07, 6.45) is 7.56. The van der Waals surface area contributed by atoms with Gasteiger partial charge in [0.2, 0.25) is 5.76 Å². The zero-order valence-corrected chi connectivity index (χ0v) is 18.6. The SMILES string of the molecule is CCOC(=O)/C(O)=C\C(=O)[C@H]1CC[C@H]2[C@@H]3CCC4=CC(=O)CC[C@]4(C)[C@H]3C(=O)C[C@]12C. The summed E-state index contributed by atoms with van der Waals surface area (Å²) in [5.41, 5.74) is 0.414. The number of fused-ring (bicyclic) bond motifs is 5. The van der Waals surface area contributed by atoms with E-state index in [1.54, 1.807) is 13.0 Å². The van der Waals surface area contributed by atoms with E-state index in [1.807, 2.05) is 6.92 Å². The molecular formula is C25H32O6. The molecule has 1 N–H and O–H groups in total. The van der Waals surface area contributed by atoms with Gasteiger partial charge in [-0.1, -0.05) is 19.4 Å². The molecule has 3 saturated carbocycles. The van der Waals surface area contributed by atoms with Crippen molar-refractivity contribution in [3.05, 3.63) is 23.5 Å². The van der Waals surface area contributed by atoms with Gasteiger partial charge in [0.1, 0.15) is 5.78 Å². The third kappa shape index (κ3) is 3.39. The molecule has 0 bridgehead atoms. The van der Waals surface area contributed by atoms with Crippen molar-refractivity contribution in [3.8, 4) is 0 Å². The lowest BCUT2D eigenvalue weighted by Crippen LogP contribution is -2.55. The standard InChI is InChI=1S/C25H32O6/c1-4-31-23(30)20(28)12-19(27)18-8-7-17-16-6-5-14-11-15(26)9-10-24(14,2)22(16)21(29)13-25(17,18)3/h11-12,16-18,22,28H,4-10,13H2,1-3H3/b20-12+/t16-,17-,18+,22+,24-,25-/m0/s1. The highest BCUT2D eigenvalue weighted by Gasteiger charge is 2.62. The van der Waals surface area contributed by atoms with Crippen LogP contribution in [0.4, 0.5) is 0 Å². The summed E-state index contributed by atoms with van der Waals surface area (Å²) in [6.45, 7) is 5.94. The fraction of sp³-hybridized carbons (Fsp3) is 0.680. The molecule has 0 radical (unpaired) electrons. The number of aliphatic hydroxyl groups is 1. The minimum absolute atomic E-state index is 0.0870. The monoisotopic (exact) mass is 428 g/mol. The number of hydrogen-bond donors (Lipinski definition) is 1. The van der Waals surface area contributed by atoms with Crippen LogP contribution in [0, 0.1) is 34.5 Å². The Kier molecular flexibility index (Phi) is 5.47. The van der Waals surface area contributed by atoms with Crippen LogP contribution in [0.2, 0.25) is 0 Å². The molecule has 4 aliphatic carbocycles. The molecule has 31 heavy (non-hydrogen) atoms. The average Bonchev–Trinajstić information content (AvgIpc) is 3.05. The summed E-state index contributed by atoms with van der Waals surface area (Å²) in [5, 5.41) is 9.95. The number of Topliss-reactive ketones (excluding diaryl/α,β-unsaturated/α-hetero) is 1. The van der Waals surface area contributed by atoms with Gasteiger partial charge in [0.25, 0.3) is 0 Å². The number of esters is 1. The van der Waals surface area contributed by atoms with Crippen LogP contribution in [0.1, 0.15) is 65.7 Å². The zero-order chi connectivity index (χ0) is 22.6. The molecule has 0 heterocycles. The maximum absolute atomic E-state index is 13.5. The number of allylic oxidation sites excluding steroid dienone is 2. The van der Waals surface area contributed by atoms with E-state index in [9.17, 15) is 24.3 Å². The molecule has 0 aromatic heterocycles. The Morgan fingerprint density at radius 3 is 2.65 bits per heavy atom. The molecule has 0 aromatic carbocycles. The second-order valence-corrected chi connectivity index (χ2v) is 10.3. The van der Waals surface area contributed by atoms with Crippen molar-refractivity contribution in [2.24, 2.45) is 34.5 Å². The Balaban J connectivity index is 1.61. The largest absolute Gasteiger partial charge is 0.502 e. The highest BCUT2D eigenvalue weighted by molar-refractivity contribution is 6.00. The van der Waals surface area contributed by atoms with Gasteiger partial charge in [0, 0.05) is 30.8 Å². The Bertz CT molecular complexity index is 898. The van der Waals surface area contributed by atoms with E-state index in [1.165, 1.54) is 0 Å². The smallest absolute Gasteiger partial charge is 0.373 e. The summed E-state index contributed by atoms with van der Waals surface area (Å²) in [4.78, 5) is 50.2. The molecule has 0 amide bonds. The molecule has 3 fully saturated rings. The van der Waals surface area contributed by atoms with Gasteiger partial charge in [-0.25, -0.2) is 4.79 Å². The number of rotatable bonds is 4. The zero-order valence-electron chi connectivity index (χ0n) is 18.6. The second kappa shape index (κ2) is 7.72. The van der Waals surface area contributed by atoms with Crippen LogP contribution in [0.15, 0.2) is 23.5 Å². The summed E-state index contributed by atoms with van der Waals surface area (Å²) in [5.74, 6) is -1.53. The van der Waals surface area contributed by atoms with Gasteiger partial charge in [0.15, 0.2) is 11.6 Å². The fourth-order valence-corrected chi connectivity index (χ4v) is 7.35. The molecule has 0 saturated heterocycles. The predicted octanol–water partition coefficient (Wildman–Crippen LogP) is 3.89. The van der Waals surface area contributed by atoms with Crippen molar-refractivity contribution in [3.63, 3.8) is 0 Å². The lowest BCUT2D eigenvalue weighted by molar-refractivity contribution is -0.148. The van der Waals surface area contributed by atoms with Crippen LogP contribution in [-0.4, -0.2) is 35.0 Å². The summed E-state index contributed by atoms with van der Waals surface area (Å²) in [6, 6.07) is 0. The van der Waals surface area contributed by atoms with Crippen LogP contribution in [0.5, 0.6) is 0 Å². The fourth-order valence-electron chi connectivity index (χ4n) is 7.35. The maximum atomic E-state index is 13.5. The number of ether oxygens (including phenoxy) is 1. The van der Waals surface area contributed by atoms with E-state index in [2.05, 4.69) is 6.92 Å². The molecule has 168 valence electrons. The highest BCUT2D eigenvalue weighted by atomic mass is 16.5. The quantitative estimate of drug-likeness (QED) is 0.414. The topological polar surface area (TPSA) is 97.7 Å². The first-order valence-corrected chi connectivity index (χ1v) is 11.5. The van der Waals surface area contributed by atoms with E-state index in [0.717, 1.165) is 37.3 Å². The summed E-state index contributed by atoms with van der Waals surface area (Å²) < 4.78 is 4.76. The third-order valence-corrected chi connectivity index (χ3v) is 8.76. The van der Waals surface area contributed by atoms with Crippen molar-refractivity contribution in [1.82, 2.24) is 0 Å². The molecule has 6 nitrogen and oxygen atoms in total. The van der Waals surface area contributed by atoms with Gasteiger partial charge in [-0.3, -0.25) is 14.4 Å². The molecule has 4 aliphatic rings. The van der Waals surface area contributed by atoms with Gasteiger partial charge in [0.05, 0.1) is 6.61 Å². The third-order valence-electron chi connectivity index (χ3n) is 8.76.